The lowest BCUT2D eigenvalue weighted by molar-refractivity contribution is 0.126. The van der Waals surface area contributed by atoms with Gasteiger partial charge >= 0.3 is 0 Å². The first-order valence-corrected chi connectivity index (χ1v) is 7.60. The SMILES string of the molecule is Cc1cc(F)cc(NC2(CO)CCCC(C(C)C)C2)c1. The minimum absolute atomic E-state index is 0.103. The number of hydrogen-bond donors (Lipinski definition) is 2. The Kier molecular flexibility index (Phi) is 4.69. The highest BCUT2D eigenvalue weighted by molar-refractivity contribution is 5.48. The largest absolute Gasteiger partial charge is 0.394 e. The summed E-state index contributed by atoms with van der Waals surface area (Å²) in [4.78, 5) is 0. The molecule has 20 heavy (non-hydrogen) atoms. The monoisotopic (exact) mass is 279 g/mol. The number of aliphatic hydroxyl groups is 1. The summed E-state index contributed by atoms with van der Waals surface area (Å²) >= 11 is 0. The molecular weight excluding hydrogens is 253 g/mol. The van der Waals surface area contributed by atoms with Gasteiger partial charge in [-0.1, -0.05) is 26.7 Å². The summed E-state index contributed by atoms with van der Waals surface area (Å²) in [5.74, 6) is 1.02. The normalized spacial score (nSPS) is 26.8. The van der Waals surface area contributed by atoms with E-state index in [1.807, 2.05) is 13.0 Å². The van der Waals surface area contributed by atoms with Crippen LogP contribution in [0.2, 0.25) is 0 Å². The van der Waals surface area contributed by atoms with Gasteiger partial charge in [-0.15, -0.1) is 0 Å². The van der Waals surface area contributed by atoms with Gasteiger partial charge in [0.25, 0.3) is 0 Å². The summed E-state index contributed by atoms with van der Waals surface area (Å²) in [5, 5.41) is 13.3. The molecule has 0 amide bonds. The fraction of sp³-hybridized carbons (Fsp3) is 0.647. The van der Waals surface area contributed by atoms with E-state index in [4.69, 9.17) is 0 Å². The third-order valence-corrected chi connectivity index (χ3v) is 4.58. The molecule has 3 heteroatoms. The van der Waals surface area contributed by atoms with E-state index in [-0.39, 0.29) is 18.0 Å². The molecule has 2 unspecified atom stereocenters. The Labute approximate surface area is 121 Å². The molecule has 2 N–H and O–H groups in total. The molecule has 1 aromatic rings. The molecule has 112 valence electrons. The van der Waals surface area contributed by atoms with Gasteiger partial charge in [-0.2, -0.15) is 0 Å². The van der Waals surface area contributed by atoms with Crippen LogP contribution in [0.1, 0.15) is 45.1 Å². The van der Waals surface area contributed by atoms with E-state index in [2.05, 4.69) is 19.2 Å². The highest BCUT2D eigenvalue weighted by Crippen LogP contribution is 2.38. The fourth-order valence-corrected chi connectivity index (χ4v) is 3.39. The van der Waals surface area contributed by atoms with Crippen molar-refractivity contribution in [1.82, 2.24) is 0 Å². The zero-order valence-corrected chi connectivity index (χ0v) is 12.7. The Morgan fingerprint density at radius 3 is 2.75 bits per heavy atom. The number of rotatable bonds is 4. The smallest absolute Gasteiger partial charge is 0.125 e. The van der Waals surface area contributed by atoms with Crippen molar-refractivity contribution in [1.29, 1.82) is 0 Å². The van der Waals surface area contributed by atoms with Crippen molar-refractivity contribution in [2.45, 2.75) is 52.0 Å². The summed E-state index contributed by atoms with van der Waals surface area (Å²) in [6.07, 6.45) is 4.24. The van der Waals surface area contributed by atoms with Crippen LogP contribution in [0.4, 0.5) is 10.1 Å². The molecule has 0 heterocycles. The van der Waals surface area contributed by atoms with Gasteiger partial charge in [0.05, 0.1) is 12.1 Å². The van der Waals surface area contributed by atoms with Crippen LogP contribution >= 0.6 is 0 Å². The van der Waals surface area contributed by atoms with Crippen molar-refractivity contribution < 1.29 is 9.50 Å². The quantitative estimate of drug-likeness (QED) is 0.869. The molecule has 1 aliphatic carbocycles. The Balaban J connectivity index is 2.18. The van der Waals surface area contributed by atoms with Gasteiger partial charge in [0.1, 0.15) is 5.82 Å². The van der Waals surface area contributed by atoms with E-state index in [0.29, 0.717) is 11.8 Å². The zero-order valence-electron chi connectivity index (χ0n) is 12.7. The number of aryl methyl sites for hydroxylation is 1. The highest BCUT2D eigenvalue weighted by atomic mass is 19.1. The number of hydrogen-bond acceptors (Lipinski definition) is 2. The first kappa shape index (κ1) is 15.3. The summed E-state index contributed by atoms with van der Waals surface area (Å²) in [5.41, 5.74) is 1.38. The molecule has 1 aliphatic rings. The maximum absolute atomic E-state index is 13.5. The molecular formula is C17H26FNO. The minimum atomic E-state index is -0.298. The Bertz CT molecular complexity index is 440. The van der Waals surface area contributed by atoms with Crippen LogP contribution in [0.15, 0.2) is 18.2 Å². The van der Waals surface area contributed by atoms with Gasteiger partial charge in [-0.05, 0) is 55.4 Å². The van der Waals surface area contributed by atoms with Crippen molar-refractivity contribution in [2.24, 2.45) is 11.8 Å². The van der Waals surface area contributed by atoms with Gasteiger partial charge in [0.2, 0.25) is 0 Å². The van der Waals surface area contributed by atoms with Crippen molar-refractivity contribution in [3.63, 3.8) is 0 Å². The maximum atomic E-state index is 13.5. The molecule has 0 saturated heterocycles. The predicted octanol–water partition coefficient (Wildman–Crippen LogP) is 4.12. The number of nitrogens with one attached hydrogen (secondary N) is 1. The van der Waals surface area contributed by atoms with Crippen LogP contribution in [0.3, 0.4) is 0 Å². The maximum Gasteiger partial charge on any atom is 0.125 e. The lowest BCUT2D eigenvalue weighted by atomic mass is 9.72. The second kappa shape index (κ2) is 6.13. The van der Waals surface area contributed by atoms with Crippen LogP contribution in [-0.2, 0) is 0 Å². The van der Waals surface area contributed by atoms with E-state index < -0.39 is 0 Å². The van der Waals surface area contributed by atoms with E-state index in [9.17, 15) is 9.50 Å². The number of aliphatic hydroxyl groups excluding tert-OH is 1. The second-order valence-corrected chi connectivity index (χ2v) is 6.68. The molecule has 0 radical (unpaired) electrons. The van der Waals surface area contributed by atoms with Gasteiger partial charge in [0, 0.05) is 5.69 Å². The van der Waals surface area contributed by atoms with Crippen LogP contribution in [0.25, 0.3) is 0 Å². The molecule has 0 aromatic heterocycles. The second-order valence-electron chi connectivity index (χ2n) is 6.68. The first-order valence-electron chi connectivity index (χ1n) is 7.60. The Hall–Kier alpha value is -1.09. The van der Waals surface area contributed by atoms with Crippen LogP contribution < -0.4 is 5.32 Å². The van der Waals surface area contributed by atoms with Crippen molar-refractivity contribution in [3.8, 4) is 0 Å². The topological polar surface area (TPSA) is 32.3 Å². The molecule has 0 spiro atoms. The highest BCUT2D eigenvalue weighted by Gasteiger charge is 2.36. The summed E-state index contributed by atoms with van der Waals surface area (Å²) < 4.78 is 13.5. The minimum Gasteiger partial charge on any atom is -0.394 e. The molecule has 1 saturated carbocycles. The van der Waals surface area contributed by atoms with E-state index in [0.717, 1.165) is 30.5 Å². The summed E-state index contributed by atoms with van der Waals surface area (Å²) in [7, 11) is 0. The number of anilines is 1. The summed E-state index contributed by atoms with van der Waals surface area (Å²) in [6, 6.07) is 4.98. The number of halogens is 1. The predicted molar refractivity (Wildman–Crippen MR) is 81.4 cm³/mol. The third kappa shape index (κ3) is 3.51. The standard InChI is InChI=1S/C17H26FNO/c1-12(2)14-5-4-6-17(10-14,11-20)19-16-8-13(3)7-15(18)9-16/h7-9,12,14,19-20H,4-6,10-11H2,1-3H3. The molecule has 0 aliphatic heterocycles. The van der Waals surface area contributed by atoms with Crippen molar-refractivity contribution in [2.75, 3.05) is 11.9 Å². The van der Waals surface area contributed by atoms with Gasteiger partial charge < -0.3 is 10.4 Å². The van der Waals surface area contributed by atoms with Crippen LogP contribution in [-0.4, -0.2) is 17.3 Å². The average molecular weight is 279 g/mol. The number of benzene rings is 1. The third-order valence-electron chi connectivity index (χ3n) is 4.58. The van der Waals surface area contributed by atoms with E-state index >= 15 is 0 Å². The zero-order chi connectivity index (χ0) is 14.8. The Morgan fingerprint density at radius 1 is 1.40 bits per heavy atom. The lowest BCUT2D eigenvalue weighted by Gasteiger charge is -2.42. The van der Waals surface area contributed by atoms with Crippen LogP contribution in [0.5, 0.6) is 0 Å². The van der Waals surface area contributed by atoms with Crippen molar-refractivity contribution in [3.05, 3.63) is 29.6 Å². The molecule has 2 atom stereocenters. The van der Waals surface area contributed by atoms with Crippen molar-refractivity contribution >= 4 is 5.69 Å². The molecule has 2 nitrogen and oxygen atoms in total. The van der Waals surface area contributed by atoms with Crippen LogP contribution in [0, 0.1) is 24.6 Å². The van der Waals surface area contributed by atoms with Gasteiger partial charge in [0.15, 0.2) is 0 Å². The van der Waals surface area contributed by atoms with E-state index in [1.165, 1.54) is 18.6 Å². The lowest BCUT2D eigenvalue weighted by Crippen LogP contribution is -2.47. The Morgan fingerprint density at radius 2 is 2.15 bits per heavy atom. The van der Waals surface area contributed by atoms with Gasteiger partial charge in [-0.25, -0.2) is 4.39 Å². The molecule has 1 fully saturated rings. The molecule has 0 bridgehead atoms. The molecule has 1 aromatic carbocycles. The average Bonchev–Trinajstić information content (AvgIpc) is 2.37. The van der Waals surface area contributed by atoms with E-state index in [1.54, 1.807) is 0 Å². The van der Waals surface area contributed by atoms with Gasteiger partial charge in [-0.3, -0.25) is 0 Å². The fourth-order valence-electron chi connectivity index (χ4n) is 3.39. The molecule has 2 rings (SSSR count). The summed E-state index contributed by atoms with van der Waals surface area (Å²) in [6.45, 7) is 6.47. The first-order chi connectivity index (χ1) is 9.44.